The Kier molecular flexibility index (Phi) is 5.36. The first-order chi connectivity index (χ1) is 11.2. The Morgan fingerprint density at radius 3 is 2.50 bits per heavy atom. The van der Waals surface area contributed by atoms with E-state index < -0.39 is 24.7 Å². The molecule has 0 unspecified atom stereocenters. The van der Waals surface area contributed by atoms with Crippen LogP contribution in [0.15, 0.2) is 18.2 Å². The number of hydrogen-bond donors (Lipinski definition) is 2. The van der Waals surface area contributed by atoms with Crippen LogP contribution >= 0.6 is 0 Å². The second-order valence-electron chi connectivity index (χ2n) is 6.12. The first-order valence-electron chi connectivity index (χ1n) is 7.69. The van der Waals surface area contributed by atoms with Crippen molar-refractivity contribution in [3.63, 3.8) is 0 Å². The lowest BCUT2D eigenvalue weighted by atomic mass is 9.85. The molecule has 1 aromatic rings. The molecular weight excluding hydrogens is 323 g/mol. The molecule has 132 valence electrons. The number of carbonyl (C=O) groups is 2. The van der Waals surface area contributed by atoms with Crippen LogP contribution in [-0.4, -0.2) is 36.1 Å². The normalized spacial score (nSPS) is 14.8. The largest absolute Gasteiger partial charge is 0.406 e. The molecule has 8 heteroatoms. The van der Waals surface area contributed by atoms with E-state index in [9.17, 15) is 22.8 Å². The van der Waals surface area contributed by atoms with Gasteiger partial charge >= 0.3 is 12.2 Å². The number of carbonyl (C=O) groups excluding carboxylic acids is 2. The number of amides is 3. The van der Waals surface area contributed by atoms with Gasteiger partial charge in [0, 0.05) is 17.8 Å². The highest BCUT2D eigenvalue weighted by Gasteiger charge is 2.35. The topological polar surface area (TPSA) is 75.4 Å². The Balaban J connectivity index is 2.13. The Labute approximate surface area is 138 Å². The highest BCUT2D eigenvalue weighted by atomic mass is 19.4. The van der Waals surface area contributed by atoms with E-state index in [1.165, 1.54) is 12.1 Å². The molecule has 24 heavy (non-hydrogen) atoms. The van der Waals surface area contributed by atoms with E-state index in [2.05, 4.69) is 5.32 Å². The zero-order chi connectivity index (χ0) is 17.9. The minimum absolute atomic E-state index is 0.0693. The molecule has 1 fully saturated rings. The number of nitrogens with one attached hydrogen (secondary N) is 1. The third-order valence-electron chi connectivity index (χ3n) is 4.12. The lowest BCUT2D eigenvalue weighted by Gasteiger charge is -2.33. The van der Waals surface area contributed by atoms with E-state index in [4.69, 9.17) is 5.73 Å². The molecule has 0 saturated heterocycles. The number of anilines is 1. The number of nitrogens with two attached hydrogens (primary N) is 1. The SMILES string of the molecule is Cc1ccc(C(N)=O)cc1NC(=O)N(CC1CCC1)CC(F)(F)F. The predicted octanol–water partition coefficient (Wildman–Crippen LogP) is 3.29. The summed E-state index contributed by atoms with van der Waals surface area (Å²) in [5, 5.41) is 2.46. The van der Waals surface area contributed by atoms with Gasteiger partial charge in [0.05, 0.1) is 0 Å². The van der Waals surface area contributed by atoms with Crippen LogP contribution in [0, 0.1) is 12.8 Å². The van der Waals surface area contributed by atoms with E-state index in [0.717, 1.165) is 24.2 Å². The van der Waals surface area contributed by atoms with Crippen molar-refractivity contribution in [3.8, 4) is 0 Å². The number of nitrogens with zero attached hydrogens (tertiary/aromatic N) is 1. The zero-order valence-electron chi connectivity index (χ0n) is 13.3. The van der Waals surface area contributed by atoms with E-state index in [1.807, 2.05) is 0 Å². The van der Waals surface area contributed by atoms with Crippen molar-refractivity contribution in [2.75, 3.05) is 18.4 Å². The van der Waals surface area contributed by atoms with Crippen LogP contribution in [-0.2, 0) is 0 Å². The fourth-order valence-corrected chi connectivity index (χ4v) is 2.53. The summed E-state index contributed by atoms with van der Waals surface area (Å²) in [7, 11) is 0. The molecule has 1 aromatic carbocycles. The minimum atomic E-state index is -4.47. The molecule has 0 aromatic heterocycles. The molecule has 0 heterocycles. The van der Waals surface area contributed by atoms with Crippen LogP contribution in [0.2, 0.25) is 0 Å². The number of halogens is 3. The van der Waals surface area contributed by atoms with Crippen molar-refractivity contribution < 1.29 is 22.8 Å². The molecule has 0 radical (unpaired) electrons. The third-order valence-corrected chi connectivity index (χ3v) is 4.12. The van der Waals surface area contributed by atoms with Gasteiger partial charge < -0.3 is 16.0 Å². The molecule has 1 aliphatic carbocycles. The summed E-state index contributed by atoms with van der Waals surface area (Å²) in [5.41, 5.74) is 6.27. The summed E-state index contributed by atoms with van der Waals surface area (Å²) < 4.78 is 38.2. The van der Waals surface area contributed by atoms with Crippen LogP contribution in [0.5, 0.6) is 0 Å². The van der Waals surface area contributed by atoms with Crippen molar-refractivity contribution in [1.82, 2.24) is 4.90 Å². The number of aryl methyl sites for hydroxylation is 1. The molecule has 5 nitrogen and oxygen atoms in total. The van der Waals surface area contributed by atoms with Crippen LogP contribution in [0.3, 0.4) is 0 Å². The Morgan fingerprint density at radius 1 is 1.33 bits per heavy atom. The van der Waals surface area contributed by atoms with Gasteiger partial charge in [0.1, 0.15) is 6.54 Å². The Morgan fingerprint density at radius 2 is 2.00 bits per heavy atom. The second-order valence-corrected chi connectivity index (χ2v) is 6.12. The van der Waals surface area contributed by atoms with Crippen LogP contribution < -0.4 is 11.1 Å². The Bertz CT molecular complexity index is 627. The molecule has 1 saturated carbocycles. The van der Waals surface area contributed by atoms with Crippen molar-refractivity contribution in [2.45, 2.75) is 32.4 Å². The van der Waals surface area contributed by atoms with Gasteiger partial charge in [-0.05, 0) is 43.4 Å². The second kappa shape index (κ2) is 7.11. The highest BCUT2D eigenvalue weighted by Crippen LogP contribution is 2.29. The van der Waals surface area contributed by atoms with Gasteiger partial charge in [0.2, 0.25) is 5.91 Å². The number of benzene rings is 1. The summed E-state index contributed by atoms with van der Waals surface area (Å²) in [5.74, 6) is -0.566. The van der Waals surface area contributed by atoms with Gasteiger partial charge in [-0.3, -0.25) is 4.79 Å². The maximum atomic E-state index is 12.7. The standard InChI is InChI=1S/C16H20F3N3O2/c1-10-5-6-12(14(20)23)7-13(10)21-15(24)22(9-16(17,18)19)8-11-3-2-4-11/h5-7,11H,2-4,8-9H2,1H3,(H2,20,23)(H,21,24). The van der Waals surface area contributed by atoms with Crippen LogP contribution in [0.25, 0.3) is 0 Å². The molecule has 0 aliphatic heterocycles. The first kappa shape index (κ1) is 18.1. The molecule has 3 amide bonds. The van der Waals surface area contributed by atoms with Gasteiger partial charge in [-0.2, -0.15) is 13.2 Å². The monoisotopic (exact) mass is 343 g/mol. The number of primary amides is 1. The van der Waals surface area contributed by atoms with E-state index in [0.29, 0.717) is 5.56 Å². The van der Waals surface area contributed by atoms with E-state index >= 15 is 0 Å². The van der Waals surface area contributed by atoms with Crippen LogP contribution in [0.1, 0.15) is 35.2 Å². The number of urea groups is 1. The smallest absolute Gasteiger partial charge is 0.366 e. The van der Waals surface area contributed by atoms with Gasteiger partial charge in [-0.25, -0.2) is 4.79 Å². The maximum Gasteiger partial charge on any atom is 0.406 e. The van der Waals surface area contributed by atoms with Gasteiger partial charge in [0.15, 0.2) is 0 Å². The molecule has 1 aliphatic rings. The zero-order valence-corrected chi connectivity index (χ0v) is 13.3. The van der Waals surface area contributed by atoms with E-state index in [-0.39, 0.29) is 23.7 Å². The fourth-order valence-electron chi connectivity index (χ4n) is 2.53. The van der Waals surface area contributed by atoms with Gasteiger partial charge in [-0.1, -0.05) is 12.5 Å². The highest BCUT2D eigenvalue weighted by molar-refractivity contribution is 5.96. The average Bonchev–Trinajstić information content (AvgIpc) is 2.42. The van der Waals surface area contributed by atoms with E-state index in [1.54, 1.807) is 13.0 Å². The molecule has 2 rings (SSSR count). The predicted molar refractivity (Wildman–Crippen MR) is 83.7 cm³/mol. The lowest BCUT2D eigenvalue weighted by molar-refractivity contribution is -0.141. The third kappa shape index (κ3) is 4.87. The quantitative estimate of drug-likeness (QED) is 0.861. The molecule has 3 N–H and O–H groups in total. The first-order valence-corrected chi connectivity index (χ1v) is 7.69. The van der Waals surface area contributed by atoms with Crippen molar-refractivity contribution >= 4 is 17.6 Å². The molecule has 0 bridgehead atoms. The summed E-state index contributed by atoms with van der Waals surface area (Å²) in [6.07, 6.45) is -1.83. The Hall–Kier alpha value is -2.25. The number of hydrogen-bond acceptors (Lipinski definition) is 2. The van der Waals surface area contributed by atoms with Crippen LogP contribution in [0.4, 0.5) is 23.7 Å². The van der Waals surface area contributed by atoms with Crippen molar-refractivity contribution in [1.29, 1.82) is 0 Å². The molecular formula is C16H20F3N3O2. The minimum Gasteiger partial charge on any atom is -0.366 e. The molecule has 0 atom stereocenters. The summed E-state index contributed by atoms with van der Waals surface area (Å²) >= 11 is 0. The lowest BCUT2D eigenvalue weighted by Crippen LogP contribution is -2.45. The van der Waals surface area contributed by atoms with Crippen molar-refractivity contribution in [2.24, 2.45) is 11.7 Å². The summed E-state index contributed by atoms with van der Waals surface area (Å²) in [6.45, 7) is 0.449. The number of rotatable bonds is 5. The summed E-state index contributed by atoms with van der Waals surface area (Å²) in [6, 6.07) is 3.61. The molecule has 0 spiro atoms. The summed E-state index contributed by atoms with van der Waals surface area (Å²) in [4.78, 5) is 24.3. The number of alkyl halides is 3. The fraction of sp³-hybridized carbons (Fsp3) is 0.500. The maximum absolute atomic E-state index is 12.7. The van der Waals surface area contributed by atoms with Gasteiger partial charge in [0.25, 0.3) is 0 Å². The van der Waals surface area contributed by atoms with Crippen molar-refractivity contribution in [3.05, 3.63) is 29.3 Å². The van der Waals surface area contributed by atoms with Gasteiger partial charge in [-0.15, -0.1) is 0 Å². The average molecular weight is 343 g/mol.